The van der Waals surface area contributed by atoms with Crippen molar-refractivity contribution in [2.75, 3.05) is 12.8 Å². The van der Waals surface area contributed by atoms with Crippen molar-refractivity contribution >= 4 is 11.7 Å². The Morgan fingerprint density at radius 2 is 1.75 bits per heavy atom. The molecule has 0 atom stereocenters. The molecule has 32 heavy (non-hydrogen) atoms. The van der Waals surface area contributed by atoms with Crippen LogP contribution in [0.5, 0.6) is 11.5 Å². The van der Waals surface area contributed by atoms with Crippen molar-refractivity contribution in [3.05, 3.63) is 83.0 Å². The van der Waals surface area contributed by atoms with Crippen LogP contribution in [0.2, 0.25) is 0 Å². The van der Waals surface area contributed by atoms with E-state index in [1.54, 1.807) is 19.2 Å². The van der Waals surface area contributed by atoms with Gasteiger partial charge < -0.3 is 20.5 Å². The van der Waals surface area contributed by atoms with Crippen LogP contribution in [-0.2, 0) is 24.3 Å². The van der Waals surface area contributed by atoms with Gasteiger partial charge in [-0.05, 0) is 53.3 Å². The second-order valence-corrected chi connectivity index (χ2v) is 8.94. The number of rotatable bonds is 8. The quantitative estimate of drug-likeness (QED) is 0.515. The number of ether oxygens (including phenoxy) is 2. The summed E-state index contributed by atoms with van der Waals surface area (Å²) in [6.45, 7) is 7.36. The number of nitrogens with zero attached hydrogens (tertiary/aromatic N) is 1. The van der Waals surface area contributed by atoms with Crippen molar-refractivity contribution in [2.45, 2.75) is 40.3 Å². The van der Waals surface area contributed by atoms with Gasteiger partial charge in [-0.2, -0.15) is 0 Å². The highest BCUT2D eigenvalue weighted by Crippen LogP contribution is 2.30. The molecule has 1 heterocycles. The molecule has 3 aromatic rings. The van der Waals surface area contributed by atoms with E-state index in [-0.39, 0.29) is 17.1 Å². The molecule has 1 amide bonds. The molecule has 0 aliphatic carbocycles. The number of anilines is 1. The maximum Gasteiger partial charge on any atom is 0.255 e. The van der Waals surface area contributed by atoms with E-state index in [0.717, 1.165) is 23.5 Å². The van der Waals surface area contributed by atoms with E-state index in [9.17, 15) is 4.79 Å². The van der Waals surface area contributed by atoms with Gasteiger partial charge in [-0.15, -0.1) is 0 Å². The number of nitrogens with one attached hydrogen (secondary N) is 1. The van der Waals surface area contributed by atoms with E-state index >= 15 is 0 Å². The summed E-state index contributed by atoms with van der Waals surface area (Å²) < 4.78 is 11.2. The van der Waals surface area contributed by atoms with Crippen molar-refractivity contribution in [3.63, 3.8) is 0 Å². The molecule has 3 rings (SSSR count). The number of hydrogen-bond donors (Lipinski definition) is 2. The van der Waals surface area contributed by atoms with Crippen LogP contribution in [0.15, 0.2) is 60.7 Å². The minimum Gasteiger partial charge on any atom is -0.457 e. The molecule has 0 saturated carbocycles. The summed E-state index contributed by atoms with van der Waals surface area (Å²) in [5.74, 6) is 1.54. The monoisotopic (exact) mass is 433 g/mol. The normalized spacial score (nSPS) is 11.2. The van der Waals surface area contributed by atoms with E-state index in [4.69, 9.17) is 15.2 Å². The molecule has 0 unspecified atom stereocenters. The van der Waals surface area contributed by atoms with Crippen LogP contribution in [0.4, 0.5) is 5.82 Å². The van der Waals surface area contributed by atoms with Gasteiger partial charge in [0.1, 0.15) is 17.3 Å². The summed E-state index contributed by atoms with van der Waals surface area (Å²) in [5.41, 5.74) is 9.26. The predicted molar refractivity (Wildman–Crippen MR) is 127 cm³/mol. The van der Waals surface area contributed by atoms with E-state index in [1.807, 2.05) is 42.5 Å². The highest BCUT2D eigenvalue weighted by atomic mass is 16.5. The Bertz CT molecular complexity index is 1060. The molecule has 0 radical (unpaired) electrons. The summed E-state index contributed by atoms with van der Waals surface area (Å²) in [4.78, 5) is 16.7. The number of methoxy groups -OCH3 is 1. The molecule has 6 heteroatoms. The molecule has 0 aliphatic heterocycles. The summed E-state index contributed by atoms with van der Waals surface area (Å²) in [7, 11) is 1.58. The molecular formula is C26H31N3O3. The number of carbonyl (C=O) groups is 1. The lowest BCUT2D eigenvalue weighted by Crippen LogP contribution is -2.24. The van der Waals surface area contributed by atoms with Gasteiger partial charge >= 0.3 is 0 Å². The fourth-order valence-corrected chi connectivity index (χ4v) is 3.34. The number of aromatic nitrogens is 1. The first-order chi connectivity index (χ1) is 15.2. The molecule has 0 fully saturated rings. The van der Waals surface area contributed by atoms with Gasteiger partial charge in [0.25, 0.3) is 5.91 Å². The number of benzene rings is 2. The lowest BCUT2D eigenvalue weighted by atomic mass is 9.88. The average Bonchev–Trinajstić information content (AvgIpc) is 2.74. The first-order valence-electron chi connectivity index (χ1n) is 10.6. The van der Waals surface area contributed by atoms with E-state index in [1.165, 1.54) is 5.56 Å². The van der Waals surface area contributed by atoms with Crippen LogP contribution in [0.3, 0.4) is 0 Å². The Labute approximate surface area is 189 Å². The minimum absolute atomic E-state index is 0.171. The maximum atomic E-state index is 12.5. The Balaban J connectivity index is 1.61. The molecule has 6 nitrogen and oxygen atoms in total. The zero-order valence-corrected chi connectivity index (χ0v) is 19.1. The fourth-order valence-electron chi connectivity index (χ4n) is 3.34. The Morgan fingerprint density at radius 3 is 2.41 bits per heavy atom. The molecule has 1 aromatic heterocycles. The first kappa shape index (κ1) is 23.3. The summed E-state index contributed by atoms with van der Waals surface area (Å²) in [6.07, 6.45) is 0.928. The molecule has 0 saturated heterocycles. The highest BCUT2D eigenvalue weighted by molar-refractivity contribution is 5.98. The van der Waals surface area contributed by atoms with Crippen molar-refractivity contribution in [2.24, 2.45) is 5.41 Å². The number of nitrogens with two attached hydrogens (primary N) is 1. The standard InChI is InChI=1S/C26H31N3O3/c1-26(2,3)15-19-7-5-6-8-23(19)32-21-12-9-18(10-13-21)16-28-25(30)22-14-11-20(17-31-4)29-24(22)27/h5-14H,15-17H2,1-4H3,(H2,27,29)(H,28,30). The third-order valence-electron chi connectivity index (χ3n) is 4.82. The summed E-state index contributed by atoms with van der Waals surface area (Å²) >= 11 is 0. The van der Waals surface area contributed by atoms with Gasteiger partial charge in [0.05, 0.1) is 17.9 Å². The summed E-state index contributed by atoms with van der Waals surface area (Å²) in [5, 5.41) is 2.88. The predicted octanol–water partition coefficient (Wildman–Crippen LogP) is 5.12. The molecule has 0 spiro atoms. The van der Waals surface area contributed by atoms with E-state index < -0.39 is 0 Å². The Morgan fingerprint density at radius 1 is 1.03 bits per heavy atom. The lowest BCUT2D eigenvalue weighted by molar-refractivity contribution is 0.0951. The van der Waals surface area contributed by atoms with Crippen LogP contribution < -0.4 is 15.8 Å². The van der Waals surface area contributed by atoms with Crippen LogP contribution >= 0.6 is 0 Å². The maximum absolute atomic E-state index is 12.5. The fraction of sp³-hybridized carbons (Fsp3) is 0.308. The van der Waals surface area contributed by atoms with Crippen molar-refractivity contribution in [1.82, 2.24) is 10.3 Å². The molecular weight excluding hydrogens is 402 g/mol. The molecule has 0 bridgehead atoms. The molecule has 3 N–H and O–H groups in total. The van der Waals surface area contributed by atoms with E-state index in [0.29, 0.717) is 24.4 Å². The number of hydrogen-bond acceptors (Lipinski definition) is 5. The van der Waals surface area contributed by atoms with Crippen LogP contribution in [0.1, 0.15) is 48.0 Å². The van der Waals surface area contributed by atoms with Gasteiger partial charge in [-0.3, -0.25) is 4.79 Å². The summed E-state index contributed by atoms with van der Waals surface area (Å²) in [6, 6.07) is 19.2. The van der Waals surface area contributed by atoms with Crippen LogP contribution in [-0.4, -0.2) is 18.0 Å². The largest absolute Gasteiger partial charge is 0.457 e. The zero-order valence-electron chi connectivity index (χ0n) is 19.1. The van der Waals surface area contributed by atoms with Crippen molar-refractivity contribution in [1.29, 1.82) is 0 Å². The van der Waals surface area contributed by atoms with Gasteiger partial charge in [-0.25, -0.2) is 4.98 Å². The highest BCUT2D eigenvalue weighted by Gasteiger charge is 2.15. The van der Waals surface area contributed by atoms with Crippen LogP contribution in [0.25, 0.3) is 0 Å². The van der Waals surface area contributed by atoms with Crippen molar-refractivity contribution in [3.8, 4) is 11.5 Å². The molecule has 168 valence electrons. The van der Waals surface area contributed by atoms with E-state index in [2.05, 4.69) is 37.1 Å². The van der Waals surface area contributed by atoms with Gasteiger partial charge in [-0.1, -0.05) is 51.1 Å². The molecule has 2 aromatic carbocycles. The topological polar surface area (TPSA) is 86.5 Å². The second kappa shape index (κ2) is 10.3. The Kier molecular flexibility index (Phi) is 7.49. The lowest BCUT2D eigenvalue weighted by Gasteiger charge is -2.20. The molecule has 0 aliphatic rings. The third kappa shape index (κ3) is 6.56. The number of nitrogen functional groups attached to an aromatic ring is 1. The smallest absolute Gasteiger partial charge is 0.255 e. The third-order valence-corrected chi connectivity index (χ3v) is 4.82. The van der Waals surface area contributed by atoms with Gasteiger partial charge in [0.15, 0.2) is 0 Å². The SMILES string of the molecule is COCc1ccc(C(=O)NCc2ccc(Oc3ccccc3CC(C)(C)C)cc2)c(N)n1. The average molecular weight is 434 g/mol. The number of pyridine rings is 1. The van der Waals surface area contributed by atoms with Gasteiger partial charge in [0.2, 0.25) is 0 Å². The minimum atomic E-state index is -0.268. The second-order valence-electron chi connectivity index (χ2n) is 8.94. The zero-order chi connectivity index (χ0) is 23.1. The van der Waals surface area contributed by atoms with Crippen LogP contribution in [0, 0.1) is 5.41 Å². The number of carbonyl (C=O) groups excluding carboxylic acids is 1. The number of para-hydroxylation sites is 1. The van der Waals surface area contributed by atoms with Gasteiger partial charge in [0, 0.05) is 13.7 Å². The Hall–Kier alpha value is -3.38. The van der Waals surface area contributed by atoms with Crippen molar-refractivity contribution < 1.29 is 14.3 Å². The number of amides is 1. The first-order valence-corrected chi connectivity index (χ1v) is 10.6.